The highest BCUT2D eigenvalue weighted by molar-refractivity contribution is 5.76. The summed E-state index contributed by atoms with van der Waals surface area (Å²) in [6, 6.07) is 0. The number of amides is 1. The van der Waals surface area contributed by atoms with E-state index in [0.29, 0.717) is 6.42 Å². The molecule has 0 bridgehead atoms. The normalized spacial score (nSPS) is 11.1. The van der Waals surface area contributed by atoms with E-state index in [1.807, 2.05) is 20.8 Å². The molecular formula is C7H14NO. The molecule has 0 rings (SSSR count). The highest BCUT2D eigenvalue weighted by atomic mass is 16.1. The lowest BCUT2D eigenvalue weighted by Crippen LogP contribution is -2.40. The van der Waals surface area contributed by atoms with Gasteiger partial charge in [-0.2, -0.15) is 0 Å². The second kappa shape index (κ2) is 2.85. The molecule has 0 aromatic carbocycles. The first-order valence-corrected chi connectivity index (χ1v) is 3.12. The van der Waals surface area contributed by atoms with Crippen LogP contribution in [-0.2, 0) is 4.79 Å². The molecule has 0 saturated carbocycles. The summed E-state index contributed by atoms with van der Waals surface area (Å²) in [6.45, 7) is 9.27. The van der Waals surface area contributed by atoms with Crippen LogP contribution in [0.2, 0.25) is 0 Å². The van der Waals surface area contributed by atoms with Gasteiger partial charge in [-0.05, 0) is 20.8 Å². The Bertz CT molecular complexity index is 102. The molecule has 0 fully saturated rings. The van der Waals surface area contributed by atoms with Crippen molar-refractivity contribution in [3.63, 3.8) is 0 Å². The fraction of sp³-hybridized carbons (Fsp3) is 0.714. The van der Waals surface area contributed by atoms with Gasteiger partial charge in [0.1, 0.15) is 0 Å². The second-order valence-electron chi connectivity index (χ2n) is 2.79. The summed E-state index contributed by atoms with van der Waals surface area (Å²) in [5, 5.41) is 2.72. The number of carbonyl (C=O) groups excluding carboxylic acids is 1. The Morgan fingerprint density at radius 2 is 2.11 bits per heavy atom. The average molecular weight is 128 g/mol. The van der Waals surface area contributed by atoms with Crippen LogP contribution in [0.3, 0.4) is 0 Å². The molecular weight excluding hydrogens is 114 g/mol. The summed E-state index contributed by atoms with van der Waals surface area (Å²) >= 11 is 0. The van der Waals surface area contributed by atoms with E-state index >= 15 is 0 Å². The predicted molar refractivity (Wildman–Crippen MR) is 37.9 cm³/mol. The van der Waals surface area contributed by atoms with Crippen molar-refractivity contribution < 1.29 is 4.79 Å². The third kappa shape index (κ3) is 5.34. The summed E-state index contributed by atoms with van der Waals surface area (Å²) < 4.78 is 0. The topological polar surface area (TPSA) is 29.1 Å². The summed E-state index contributed by atoms with van der Waals surface area (Å²) in [5.74, 6) is 0.0509. The Kier molecular flexibility index (Phi) is 2.68. The molecule has 2 nitrogen and oxygen atoms in total. The number of rotatable bonds is 2. The molecule has 0 saturated heterocycles. The maximum atomic E-state index is 10.7. The standard InChI is InChI=1S/C7H14NO/c1-5-6(9)8-7(2,3)4/h2,5H2,1,3-4H3,(H,8,9). The van der Waals surface area contributed by atoms with Crippen LogP contribution in [0.1, 0.15) is 27.2 Å². The van der Waals surface area contributed by atoms with Crippen molar-refractivity contribution in [3.8, 4) is 0 Å². The maximum Gasteiger partial charge on any atom is 0.220 e. The predicted octanol–water partition coefficient (Wildman–Crippen LogP) is 1.13. The molecule has 0 spiro atoms. The molecule has 0 aliphatic heterocycles. The minimum atomic E-state index is -0.326. The quantitative estimate of drug-likeness (QED) is 0.593. The second-order valence-corrected chi connectivity index (χ2v) is 2.79. The number of hydrogen-bond acceptors (Lipinski definition) is 1. The first kappa shape index (κ1) is 8.47. The maximum absolute atomic E-state index is 10.7. The van der Waals surface area contributed by atoms with Crippen LogP contribution in [0.15, 0.2) is 0 Å². The molecule has 0 aromatic rings. The number of nitrogens with one attached hydrogen (secondary N) is 1. The highest BCUT2D eigenvalue weighted by Crippen LogP contribution is 1.97. The van der Waals surface area contributed by atoms with Gasteiger partial charge < -0.3 is 5.32 Å². The van der Waals surface area contributed by atoms with E-state index in [9.17, 15) is 4.79 Å². The van der Waals surface area contributed by atoms with Crippen LogP contribution >= 0.6 is 0 Å². The van der Waals surface area contributed by atoms with Crippen molar-refractivity contribution in [1.82, 2.24) is 5.32 Å². The molecule has 1 amide bonds. The fourth-order valence-corrected chi connectivity index (χ4v) is 0.466. The molecule has 0 aliphatic carbocycles. The number of hydrogen-bond donors (Lipinski definition) is 1. The van der Waals surface area contributed by atoms with Gasteiger partial charge >= 0.3 is 0 Å². The van der Waals surface area contributed by atoms with Gasteiger partial charge in [0.05, 0.1) is 0 Å². The average Bonchev–Trinajstić information content (AvgIpc) is 1.62. The zero-order chi connectivity index (χ0) is 7.49. The van der Waals surface area contributed by atoms with Crippen molar-refractivity contribution in [2.75, 3.05) is 0 Å². The molecule has 9 heavy (non-hydrogen) atoms. The minimum absolute atomic E-state index is 0.0509. The molecule has 0 aliphatic rings. The van der Waals surface area contributed by atoms with Gasteiger partial charge in [0, 0.05) is 12.0 Å². The monoisotopic (exact) mass is 128 g/mol. The molecule has 0 aromatic heterocycles. The van der Waals surface area contributed by atoms with E-state index in [2.05, 4.69) is 12.2 Å². The largest absolute Gasteiger partial charge is 0.351 e. The van der Waals surface area contributed by atoms with Crippen molar-refractivity contribution in [2.45, 2.75) is 32.7 Å². The molecule has 53 valence electrons. The van der Waals surface area contributed by atoms with Gasteiger partial charge in [0.25, 0.3) is 0 Å². The lowest BCUT2D eigenvalue weighted by Gasteiger charge is -2.19. The van der Waals surface area contributed by atoms with Crippen LogP contribution in [-0.4, -0.2) is 11.4 Å². The van der Waals surface area contributed by atoms with Crippen LogP contribution in [0.25, 0.3) is 0 Å². The fourth-order valence-electron chi connectivity index (χ4n) is 0.466. The van der Waals surface area contributed by atoms with Gasteiger partial charge in [0.15, 0.2) is 0 Å². The minimum Gasteiger partial charge on any atom is -0.351 e. The summed E-state index contributed by atoms with van der Waals surface area (Å²) in [5.41, 5.74) is -0.326. The Morgan fingerprint density at radius 3 is 2.22 bits per heavy atom. The third-order valence-electron chi connectivity index (χ3n) is 0.799. The van der Waals surface area contributed by atoms with Crippen LogP contribution in [0, 0.1) is 6.92 Å². The summed E-state index contributed by atoms with van der Waals surface area (Å²) in [7, 11) is 0. The van der Waals surface area contributed by atoms with E-state index in [1.54, 1.807) is 0 Å². The van der Waals surface area contributed by atoms with Crippen molar-refractivity contribution in [3.05, 3.63) is 6.92 Å². The molecule has 0 unspecified atom stereocenters. The van der Waals surface area contributed by atoms with Crippen molar-refractivity contribution in [1.29, 1.82) is 0 Å². The highest BCUT2D eigenvalue weighted by Gasteiger charge is 2.11. The van der Waals surface area contributed by atoms with E-state index in [0.717, 1.165) is 0 Å². The van der Waals surface area contributed by atoms with Gasteiger partial charge in [-0.25, -0.2) is 0 Å². The lowest BCUT2D eigenvalue weighted by atomic mass is 10.1. The first-order chi connectivity index (χ1) is 3.95. The van der Waals surface area contributed by atoms with Crippen LogP contribution in [0.5, 0.6) is 0 Å². The van der Waals surface area contributed by atoms with Crippen LogP contribution in [0.4, 0.5) is 0 Å². The molecule has 0 heterocycles. The van der Waals surface area contributed by atoms with E-state index < -0.39 is 0 Å². The first-order valence-electron chi connectivity index (χ1n) is 3.12. The van der Waals surface area contributed by atoms with Gasteiger partial charge in [-0.15, -0.1) is 0 Å². The van der Waals surface area contributed by atoms with E-state index in [-0.39, 0.29) is 11.4 Å². The number of carbonyl (C=O) groups is 1. The van der Waals surface area contributed by atoms with E-state index in [1.165, 1.54) is 0 Å². The zero-order valence-electron chi connectivity index (χ0n) is 6.32. The molecule has 2 heteroatoms. The Hall–Kier alpha value is -0.530. The smallest absolute Gasteiger partial charge is 0.220 e. The van der Waals surface area contributed by atoms with Gasteiger partial charge in [0.2, 0.25) is 5.91 Å². The van der Waals surface area contributed by atoms with Crippen LogP contribution < -0.4 is 5.32 Å². The summed E-state index contributed by atoms with van der Waals surface area (Å²) in [6.07, 6.45) is 0.527. The Balaban J connectivity index is 3.60. The zero-order valence-corrected chi connectivity index (χ0v) is 6.32. The van der Waals surface area contributed by atoms with Crippen molar-refractivity contribution in [2.24, 2.45) is 0 Å². The molecule has 0 atom stereocenters. The van der Waals surface area contributed by atoms with Gasteiger partial charge in [-0.1, -0.05) is 6.92 Å². The lowest BCUT2D eigenvalue weighted by molar-refractivity contribution is -0.121. The molecule has 1 radical (unpaired) electrons. The van der Waals surface area contributed by atoms with E-state index in [4.69, 9.17) is 0 Å². The third-order valence-corrected chi connectivity index (χ3v) is 0.799. The Morgan fingerprint density at radius 1 is 1.67 bits per heavy atom. The Labute approximate surface area is 56.6 Å². The SMILES string of the molecule is [CH2]C(C)(C)NC(=O)CC. The van der Waals surface area contributed by atoms with Crippen molar-refractivity contribution >= 4 is 5.91 Å². The van der Waals surface area contributed by atoms with Gasteiger partial charge in [-0.3, -0.25) is 4.79 Å². The molecule has 1 N–H and O–H groups in total. The summed E-state index contributed by atoms with van der Waals surface area (Å²) in [4.78, 5) is 10.7.